The summed E-state index contributed by atoms with van der Waals surface area (Å²) in [7, 11) is 0. The van der Waals surface area contributed by atoms with Gasteiger partial charge in [0.25, 0.3) is 0 Å². The van der Waals surface area contributed by atoms with Crippen molar-refractivity contribution in [1.82, 2.24) is 4.68 Å². The number of amides is 2. The molecular weight excluding hydrogens is 266 g/mol. The topological polar surface area (TPSA) is 63.1 Å². The molecule has 110 valence electrons. The molecule has 0 fully saturated rings. The lowest BCUT2D eigenvalue weighted by atomic mass is 10.1. The largest absolute Gasteiger partial charge is 0.328 e. The molecule has 2 amide bonds. The van der Waals surface area contributed by atoms with Crippen LogP contribution in [-0.2, 0) is 9.59 Å². The highest BCUT2D eigenvalue weighted by atomic mass is 16.2. The molecule has 5 nitrogen and oxygen atoms in total. The summed E-state index contributed by atoms with van der Waals surface area (Å²) in [5.74, 6) is -1.39. The van der Waals surface area contributed by atoms with Crippen LogP contribution in [0.5, 0.6) is 0 Å². The summed E-state index contributed by atoms with van der Waals surface area (Å²) in [5.41, 5.74) is 7.10. The van der Waals surface area contributed by atoms with Crippen molar-refractivity contribution in [2.24, 2.45) is 0 Å². The lowest BCUT2D eigenvalue weighted by Crippen LogP contribution is -2.35. The van der Waals surface area contributed by atoms with E-state index in [1.807, 2.05) is 52.0 Å². The summed E-state index contributed by atoms with van der Waals surface area (Å²) >= 11 is 0. The number of hydrogen-bond acceptors (Lipinski definition) is 2. The van der Waals surface area contributed by atoms with Crippen molar-refractivity contribution in [2.45, 2.75) is 27.7 Å². The van der Waals surface area contributed by atoms with Crippen molar-refractivity contribution in [3.05, 3.63) is 52.8 Å². The minimum atomic E-state index is -0.698. The van der Waals surface area contributed by atoms with Crippen LogP contribution < -0.4 is 10.7 Å². The van der Waals surface area contributed by atoms with Crippen LogP contribution in [0.25, 0.3) is 0 Å². The Morgan fingerprint density at radius 1 is 0.857 bits per heavy atom. The first kappa shape index (κ1) is 14.8. The van der Waals surface area contributed by atoms with Crippen LogP contribution in [0.4, 0.5) is 5.69 Å². The number of nitrogens with one attached hydrogen (secondary N) is 2. The molecule has 2 aromatic rings. The Morgan fingerprint density at radius 2 is 1.48 bits per heavy atom. The number of nitrogens with zero attached hydrogens (tertiary/aromatic N) is 1. The minimum absolute atomic E-state index is 0.610. The molecule has 0 saturated carbocycles. The standard InChI is InChI=1S/C16H19N3O2/c1-10-5-8-14(9-11(10)2)17-15(20)16(21)18-19-12(3)6-7-13(19)4/h5-9H,1-4H3,(H,17,20)(H,18,21). The van der Waals surface area contributed by atoms with Gasteiger partial charge >= 0.3 is 11.8 Å². The van der Waals surface area contributed by atoms with Crippen molar-refractivity contribution in [2.75, 3.05) is 10.7 Å². The molecule has 0 atom stereocenters. The Bertz CT molecular complexity index is 682. The summed E-state index contributed by atoms with van der Waals surface area (Å²) in [6.45, 7) is 7.66. The molecule has 5 heteroatoms. The number of aryl methyl sites for hydroxylation is 4. The van der Waals surface area contributed by atoms with Crippen LogP contribution in [0.2, 0.25) is 0 Å². The predicted octanol–water partition coefficient (Wildman–Crippen LogP) is 2.43. The molecule has 0 bridgehead atoms. The highest BCUT2D eigenvalue weighted by Gasteiger charge is 2.15. The van der Waals surface area contributed by atoms with Gasteiger partial charge in [-0.15, -0.1) is 0 Å². The van der Waals surface area contributed by atoms with Crippen molar-refractivity contribution < 1.29 is 9.59 Å². The maximum atomic E-state index is 11.9. The smallest absolute Gasteiger partial charge is 0.318 e. The molecule has 0 unspecified atom stereocenters. The van der Waals surface area contributed by atoms with E-state index in [4.69, 9.17) is 0 Å². The fraction of sp³-hybridized carbons (Fsp3) is 0.250. The Morgan fingerprint density at radius 3 is 2.05 bits per heavy atom. The maximum absolute atomic E-state index is 11.9. The molecule has 0 saturated heterocycles. The average Bonchev–Trinajstić information content (AvgIpc) is 2.74. The van der Waals surface area contributed by atoms with Crippen LogP contribution in [-0.4, -0.2) is 16.5 Å². The first-order valence-corrected chi connectivity index (χ1v) is 6.73. The average molecular weight is 285 g/mol. The summed E-state index contributed by atoms with van der Waals surface area (Å²) in [4.78, 5) is 23.8. The van der Waals surface area contributed by atoms with Crippen LogP contribution in [0.3, 0.4) is 0 Å². The summed E-state index contributed by atoms with van der Waals surface area (Å²) in [5, 5.41) is 2.60. The number of carbonyl (C=O) groups is 2. The van der Waals surface area contributed by atoms with E-state index in [1.54, 1.807) is 10.7 Å². The normalized spacial score (nSPS) is 10.3. The van der Waals surface area contributed by atoms with Crippen LogP contribution in [0.15, 0.2) is 30.3 Å². The zero-order valence-electron chi connectivity index (χ0n) is 12.7. The molecule has 1 heterocycles. The molecule has 0 aliphatic carbocycles. The van der Waals surface area contributed by atoms with Gasteiger partial charge in [-0.3, -0.25) is 19.7 Å². The molecule has 0 aliphatic rings. The Kier molecular flexibility index (Phi) is 4.12. The summed E-state index contributed by atoms with van der Waals surface area (Å²) in [6.07, 6.45) is 0. The van der Waals surface area contributed by atoms with Gasteiger partial charge in [0.2, 0.25) is 0 Å². The van der Waals surface area contributed by atoms with E-state index in [0.717, 1.165) is 22.5 Å². The third-order valence-corrected chi connectivity index (χ3v) is 3.46. The fourth-order valence-electron chi connectivity index (χ4n) is 2.00. The van der Waals surface area contributed by atoms with Crippen LogP contribution in [0.1, 0.15) is 22.5 Å². The lowest BCUT2D eigenvalue weighted by Gasteiger charge is -2.11. The molecule has 2 N–H and O–H groups in total. The second kappa shape index (κ2) is 5.83. The number of rotatable bonds is 2. The second-order valence-corrected chi connectivity index (χ2v) is 5.15. The van der Waals surface area contributed by atoms with Gasteiger partial charge in [0, 0.05) is 17.1 Å². The van der Waals surface area contributed by atoms with Crippen molar-refractivity contribution >= 4 is 17.5 Å². The van der Waals surface area contributed by atoms with Crippen LogP contribution >= 0.6 is 0 Å². The number of aromatic nitrogens is 1. The molecule has 0 spiro atoms. The molecule has 2 rings (SSSR count). The van der Waals surface area contributed by atoms with E-state index in [-0.39, 0.29) is 0 Å². The third-order valence-electron chi connectivity index (χ3n) is 3.46. The summed E-state index contributed by atoms with van der Waals surface area (Å²) < 4.78 is 1.59. The zero-order valence-corrected chi connectivity index (χ0v) is 12.7. The van der Waals surface area contributed by atoms with E-state index in [0.29, 0.717) is 5.69 Å². The third kappa shape index (κ3) is 3.31. The van der Waals surface area contributed by atoms with Gasteiger partial charge in [-0.05, 0) is 63.1 Å². The van der Waals surface area contributed by atoms with E-state index < -0.39 is 11.8 Å². The molecule has 21 heavy (non-hydrogen) atoms. The quantitative estimate of drug-likeness (QED) is 0.832. The molecule has 0 radical (unpaired) electrons. The molecular formula is C16H19N3O2. The molecule has 0 aliphatic heterocycles. The first-order valence-electron chi connectivity index (χ1n) is 6.73. The van der Waals surface area contributed by atoms with E-state index >= 15 is 0 Å². The van der Waals surface area contributed by atoms with Gasteiger partial charge in [-0.1, -0.05) is 6.07 Å². The Balaban J connectivity index is 2.06. The zero-order chi connectivity index (χ0) is 15.6. The number of anilines is 1. The number of carbonyl (C=O) groups excluding carboxylic acids is 2. The molecule has 1 aromatic carbocycles. The van der Waals surface area contributed by atoms with Crippen molar-refractivity contribution in [3.8, 4) is 0 Å². The highest BCUT2D eigenvalue weighted by Crippen LogP contribution is 2.14. The Labute approximate surface area is 123 Å². The maximum Gasteiger partial charge on any atom is 0.328 e. The summed E-state index contributed by atoms with van der Waals surface area (Å²) in [6, 6.07) is 9.27. The van der Waals surface area contributed by atoms with E-state index in [2.05, 4.69) is 10.7 Å². The van der Waals surface area contributed by atoms with Gasteiger partial charge in [0.1, 0.15) is 0 Å². The monoisotopic (exact) mass is 285 g/mol. The van der Waals surface area contributed by atoms with Gasteiger partial charge in [-0.25, -0.2) is 0 Å². The predicted molar refractivity (Wildman–Crippen MR) is 82.8 cm³/mol. The van der Waals surface area contributed by atoms with Crippen LogP contribution in [0, 0.1) is 27.7 Å². The van der Waals surface area contributed by atoms with Gasteiger partial charge in [-0.2, -0.15) is 0 Å². The fourth-order valence-corrected chi connectivity index (χ4v) is 2.00. The van der Waals surface area contributed by atoms with Gasteiger partial charge in [0.05, 0.1) is 0 Å². The molecule has 1 aromatic heterocycles. The lowest BCUT2D eigenvalue weighted by molar-refractivity contribution is -0.133. The Hall–Kier alpha value is -2.56. The first-order chi connectivity index (χ1) is 9.88. The van der Waals surface area contributed by atoms with Gasteiger partial charge in [0.15, 0.2) is 0 Å². The van der Waals surface area contributed by atoms with Crippen molar-refractivity contribution in [3.63, 3.8) is 0 Å². The minimum Gasteiger partial charge on any atom is -0.318 e. The number of hydrogen-bond donors (Lipinski definition) is 2. The second-order valence-electron chi connectivity index (χ2n) is 5.15. The SMILES string of the molecule is Cc1ccc(NC(=O)C(=O)Nn2c(C)ccc2C)cc1C. The van der Waals surface area contributed by atoms with E-state index in [1.165, 1.54) is 0 Å². The van der Waals surface area contributed by atoms with Gasteiger partial charge < -0.3 is 5.32 Å². The van der Waals surface area contributed by atoms with Crippen molar-refractivity contribution in [1.29, 1.82) is 0 Å². The number of benzene rings is 1. The highest BCUT2D eigenvalue weighted by molar-refractivity contribution is 6.42. The van der Waals surface area contributed by atoms with E-state index in [9.17, 15) is 9.59 Å².